The second kappa shape index (κ2) is 3.59. The Morgan fingerprint density at radius 1 is 1.29 bits per heavy atom. The Morgan fingerprint density at radius 3 is 2.47 bits per heavy atom. The Hall–Kier alpha value is -1.82. The number of hydrogen-bond acceptors (Lipinski definition) is 3. The van der Waals surface area contributed by atoms with Gasteiger partial charge in [0, 0.05) is 12.6 Å². The number of rotatable bonds is 1. The molecule has 5 nitrogen and oxygen atoms in total. The van der Waals surface area contributed by atoms with E-state index in [4.69, 9.17) is 5.73 Å². The van der Waals surface area contributed by atoms with Gasteiger partial charge < -0.3 is 5.73 Å². The zero-order valence-electron chi connectivity index (χ0n) is 9.47. The van der Waals surface area contributed by atoms with Crippen LogP contribution < -0.4 is 5.73 Å². The summed E-state index contributed by atoms with van der Waals surface area (Å²) < 4.78 is 25.2. The number of benzene rings is 1. The van der Waals surface area contributed by atoms with E-state index in [2.05, 4.69) is 0 Å². The van der Waals surface area contributed by atoms with E-state index in [1.807, 2.05) is 0 Å². The van der Waals surface area contributed by atoms with Crippen LogP contribution in [0.15, 0.2) is 34.9 Å². The molecule has 0 bridgehead atoms. The van der Waals surface area contributed by atoms with Crippen LogP contribution >= 0.6 is 0 Å². The molecule has 17 heavy (non-hydrogen) atoms. The highest BCUT2D eigenvalue weighted by molar-refractivity contribution is 7.89. The number of carbonyl (C=O) groups excluding carboxylic acids is 1. The van der Waals surface area contributed by atoms with Crippen molar-refractivity contribution in [1.82, 2.24) is 4.31 Å². The largest absolute Gasteiger partial charge is 0.364 e. The van der Waals surface area contributed by atoms with Crippen LogP contribution in [0.4, 0.5) is 0 Å². The Balaban J connectivity index is 2.87. The van der Waals surface area contributed by atoms with Gasteiger partial charge in [0.2, 0.25) is 0 Å². The second-order valence-electron chi connectivity index (χ2n) is 3.81. The molecule has 2 N–H and O–H groups in total. The number of sulfonamides is 1. The quantitative estimate of drug-likeness (QED) is 0.792. The lowest BCUT2D eigenvalue weighted by Gasteiger charge is -2.28. The SMILES string of the molecule is CC1=C(C(N)=O)N(C)S(=O)(=O)c2ccccc21. The van der Waals surface area contributed by atoms with Gasteiger partial charge >= 0.3 is 0 Å². The molecule has 0 unspecified atom stereocenters. The molecule has 1 heterocycles. The van der Waals surface area contributed by atoms with Crippen LogP contribution in [0.25, 0.3) is 5.57 Å². The van der Waals surface area contributed by atoms with Crippen LogP contribution in [0.5, 0.6) is 0 Å². The van der Waals surface area contributed by atoms with Gasteiger partial charge in [-0.2, -0.15) is 0 Å². The first-order valence-electron chi connectivity index (χ1n) is 4.96. The average molecular weight is 252 g/mol. The lowest BCUT2D eigenvalue weighted by molar-refractivity contribution is -0.115. The molecule has 0 atom stereocenters. The number of hydrogen-bond donors (Lipinski definition) is 1. The summed E-state index contributed by atoms with van der Waals surface area (Å²) in [4.78, 5) is 11.5. The minimum Gasteiger partial charge on any atom is -0.364 e. The van der Waals surface area contributed by atoms with E-state index in [0.717, 1.165) is 4.31 Å². The molecule has 0 fully saturated rings. The van der Waals surface area contributed by atoms with E-state index in [-0.39, 0.29) is 10.6 Å². The first kappa shape index (κ1) is 11.7. The van der Waals surface area contributed by atoms with Crippen LogP contribution in [0.3, 0.4) is 0 Å². The summed E-state index contributed by atoms with van der Waals surface area (Å²) in [5.74, 6) is -0.747. The van der Waals surface area contributed by atoms with Crippen molar-refractivity contribution in [3.63, 3.8) is 0 Å². The highest BCUT2D eigenvalue weighted by atomic mass is 32.2. The van der Waals surface area contributed by atoms with E-state index >= 15 is 0 Å². The lowest BCUT2D eigenvalue weighted by Crippen LogP contribution is -2.37. The summed E-state index contributed by atoms with van der Waals surface area (Å²) in [7, 11) is -2.34. The smallest absolute Gasteiger partial charge is 0.266 e. The number of likely N-dealkylation sites (N-methyl/N-ethyl adjacent to an activating group) is 1. The molecule has 1 aliphatic rings. The van der Waals surface area contributed by atoms with Crippen molar-refractivity contribution in [1.29, 1.82) is 0 Å². The molecule has 0 spiro atoms. The van der Waals surface area contributed by atoms with Crippen molar-refractivity contribution >= 4 is 21.5 Å². The molecule has 0 saturated carbocycles. The minimum atomic E-state index is -3.67. The topological polar surface area (TPSA) is 80.5 Å². The molecule has 0 saturated heterocycles. The number of nitrogens with zero attached hydrogens (tertiary/aromatic N) is 1. The first-order chi connectivity index (χ1) is 7.87. The molecular weight excluding hydrogens is 240 g/mol. The zero-order valence-corrected chi connectivity index (χ0v) is 10.3. The fourth-order valence-electron chi connectivity index (χ4n) is 1.97. The fraction of sp³-hybridized carbons (Fsp3) is 0.182. The van der Waals surface area contributed by atoms with Crippen molar-refractivity contribution in [3.05, 3.63) is 35.5 Å². The van der Waals surface area contributed by atoms with Crippen molar-refractivity contribution in [2.24, 2.45) is 5.73 Å². The normalized spacial score (nSPS) is 17.9. The van der Waals surface area contributed by atoms with Crippen molar-refractivity contribution < 1.29 is 13.2 Å². The second-order valence-corrected chi connectivity index (χ2v) is 5.74. The summed E-state index contributed by atoms with van der Waals surface area (Å²) in [6.45, 7) is 1.68. The Labute approximate surface area is 99.6 Å². The molecular formula is C11H12N2O3S. The molecule has 1 aliphatic heterocycles. The zero-order chi connectivity index (χ0) is 12.8. The predicted octanol–water partition coefficient (Wildman–Crippen LogP) is 0.537. The van der Waals surface area contributed by atoms with Gasteiger partial charge in [0.05, 0.1) is 4.90 Å². The minimum absolute atomic E-state index is 0.0173. The maximum Gasteiger partial charge on any atom is 0.266 e. The number of primary amides is 1. The van der Waals surface area contributed by atoms with Gasteiger partial charge in [0.15, 0.2) is 0 Å². The fourth-order valence-corrected chi connectivity index (χ4v) is 3.48. The lowest BCUT2D eigenvalue weighted by atomic mass is 10.0. The summed E-state index contributed by atoms with van der Waals surface area (Å²) in [5, 5.41) is 0. The molecule has 1 aromatic rings. The molecule has 0 aromatic heterocycles. The molecule has 6 heteroatoms. The van der Waals surface area contributed by atoms with Crippen LogP contribution in [0, 0.1) is 0 Å². The van der Waals surface area contributed by atoms with Crippen molar-refractivity contribution in [2.75, 3.05) is 7.05 Å². The van der Waals surface area contributed by atoms with Crippen molar-refractivity contribution in [2.45, 2.75) is 11.8 Å². The van der Waals surface area contributed by atoms with Gasteiger partial charge in [-0.25, -0.2) is 8.42 Å². The van der Waals surface area contributed by atoms with Crippen LogP contribution in [-0.2, 0) is 14.8 Å². The maximum absolute atomic E-state index is 12.1. The standard InChI is InChI=1S/C11H12N2O3S/c1-7-8-5-3-4-6-9(8)17(15,16)13(2)10(7)11(12)14/h3-6H,1-2H3,(H2,12,14). The molecule has 2 rings (SSSR count). The molecule has 90 valence electrons. The van der Waals surface area contributed by atoms with Crippen molar-refractivity contribution in [3.8, 4) is 0 Å². The highest BCUT2D eigenvalue weighted by Crippen LogP contribution is 2.34. The van der Waals surface area contributed by atoms with Gasteiger partial charge in [0.25, 0.3) is 15.9 Å². The third-order valence-electron chi connectivity index (χ3n) is 2.83. The third-order valence-corrected chi connectivity index (χ3v) is 4.65. The monoisotopic (exact) mass is 252 g/mol. The van der Waals surface area contributed by atoms with E-state index in [1.54, 1.807) is 25.1 Å². The van der Waals surface area contributed by atoms with Gasteiger partial charge in [0.1, 0.15) is 5.70 Å². The molecule has 0 radical (unpaired) electrons. The van der Waals surface area contributed by atoms with Crippen LogP contribution in [-0.4, -0.2) is 25.7 Å². The number of carbonyl (C=O) groups is 1. The van der Waals surface area contributed by atoms with Crippen LogP contribution in [0.2, 0.25) is 0 Å². The Morgan fingerprint density at radius 2 is 1.88 bits per heavy atom. The molecule has 1 amide bonds. The van der Waals surface area contributed by atoms with Gasteiger partial charge in [-0.05, 0) is 18.6 Å². The predicted molar refractivity (Wildman–Crippen MR) is 63.2 cm³/mol. The van der Waals surface area contributed by atoms with Gasteiger partial charge in [-0.3, -0.25) is 9.10 Å². The van der Waals surface area contributed by atoms with E-state index in [9.17, 15) is 13.2 Å². The Kier molecular flexibility index (Phi) is 2.46. The average Bonchev–Trinajstić information content (AvgIpc) is 2.27. The van der Waals surface area contributed by atoms with E-state index < -0.39 is 15.9 Å². The summed E-state index contributed by atoms with van der Waals surface area (Å²) >= 11 is 0. The van der Waals surface area contributed by atoms with Crippen LogP contribution in [0.1, 0.15) is 12.5 Å². The molecule has 1 aromatic carbocycles. The number of amides is 1. The summed E-state index contributed by atoms with van der Waals surface area (Å²) in [6.07, 6.45) is 0. The first-order valence-corrected chi connectivity index (χ1v) is 6.40. The van der Waals surface area contributed by atoms with E-state index in [0.29, 0.717) is 11.1 Å². The number of fused-ring (bicyclic) bond motifs is 1. The van der Waals surface area contributed by atoms with Gasteiger partial charge in [-0.1, -0.05) is 18.2 Å². The summed E-state index contributed by atoms with van der Waals surface area (Å²) in [6, 6.07) is 6.55. The Bertz CT molecular complexity index is 632. The van der Waals surface area contributed by atoms with E-state index in [1.165, 1.54) is 13.1 Å². The number of allylic oxidation sites excluding steroid dienone is 1. The summed E-state index contributed by atoms with van der Waals surface area (Å²) in [5.41, 5.74) is 6.34. The number of nitrogens with two attached hydrogens (primary N) is 1. The molecule has 0 aliphatic carbocycles. The maximum atomic E-state index is 12.1. The highest BCUT2D eigenvalue weighted by Gasteiger charge is 2.34. The third kappa shape index (κ3) is 1.52. The van der Waals surface area contributed by atoms with Gasteiger partial charge in [-0.15, -0.1) is 0 Å².